The van der Waals surface area contributed by atoms with Crippen LogP contribution in [0.4, 0.5) is 15.8 Å². The predicted octanol–water partition coefficient (Wildman–Crippen LogP) is 3.51. The molecule has 1 fully saturated rings. The smallest absolute Gasteiger partial charge is 0.258 e. The second-order valence-electron chi connectivity index (χ2n) is 8.28. The second-order valence-corrected chi connectivity index (χ2v) is 8.28. The summed E-state index contributed by atoms with van der Waals surface area (Å²) in [6.45, 7) is 4.42. The molecule has 0 bridgehead atoms. The van der Waals surface area contributed by atoms with Crippen LogP contribution in [-0.2, 0) is 9.47 Å². The number of carbonyl (C=O) groups excluding carboxylic acids is 1. The van der Waals surface area contributed by atoms with Gasteiger partial charge in [0.25, 0.3) is 5.91 Å². The maximum atomic E-state index is 14.2. The van der Waals surface area contributed by atoms with Gasteiger partial charge in [0, 0.05) is 48.9 Å². The standard InChI is InChI=1S/C24H32FN3O4/c1-24(14-26-2)15-31-22(32-16-24)11-12-28(19-8-6-18(27-3)7-9-19)23(29)17-5-10-21(30-4)20(25)13-17/h5-10,13,22,26-27H,11-12,14-16H2,1-4H3. The molecule has 1 heterocycles. The van der Waals surface area contributed by atoms with Gasteiger partial charge in [-0.05, 0) is 49.5 Å². The lowest BCUT2D eigenvalue weighted by Gasteiger charge is -2.37. The van der Waals surface area contributed by atoms with Gasteiger partial charge >= 0.3 is 0 Å². The average molecular weight is 446 g/mol. The Labute approximate surface area is 188 Å². The summed E-state index contributed by atoms with van der Waals surface area (Å²) in [7, 11) is 5.13. The summed E-state index contributed by atoms with van der Waals surface area (Å²) < 4.78 is 31.0. The fraction of sp³-hybridized carbons (Fsp3) is 0.458. The second kappa shape index (κ2) is 10.8. The molecule has 1 amide bonds. The van der Waals surface area contributed by atoms with Crippen LogP contribution in [0.1, 0.15) is 23.7 Å². The maximum absolute atomic E-state index is 14.2. The van der Waals surface area contributed by atoms with Crippen molar-refractivity contribution in [1.29, 1.82) is 0 Å². The number of ether oxygens (including phenoxy) is 3. The van der Waals surface area contributed by atoms with Gasteiger partial charge in [0.2, 0.25) is 0 Å². The molecule has 0 saturated carbocycles. The fourth-order valence-electron chi connectivity index (χ4n) is 3.72. The highest BCUT2D eigenvalue weighted by molar-refractivity contribution is 6.06. The summed E-state index contributed by atoms with van der Waals surface area (Å²) >= 11 is 0. The number of rotatable bonds is 9. The molecule has 1 aliphatic heterocycles. The van der Waals surface area contributed by atoms with Crippen molar-refractivity contribution in [2.45, 2.75) is 19.6 Å². The van der Waals surface area contributed by atoms with Gasteiger partial charge in [-0.2, -0.15) is 0 Å². The van der Waals surface area contributed by atoms with E-state index in [9.17, 15) is 9.18 Å². The number of carbonyl (C=O) groups is 1. The highest BCUT2D eigenvalue weighted by atomic mass is 19.1. The molecule has 7 nitrogen and oxygen atoms in total. The van der Waals surface area contributed by atoms with Crippen molar-refractivity contribution < 1.29 is 23.4 Å². The number of methoxy groups -OCH3 is 1. The summed E-state index contributed by atoms with van der Waals surface area (Å²) in [5.74, 6) is -0.786. The van der Waals surface area contributed by atoms with Crippen molar-refractivity contribution in [3.63, 3.8) is 0 Å². The topological polar surface area (TPSA) is 72.1 Å². The van der Waals surface area contributed by atoms with Crippen molar-refractivity contribution in [1.82, 2.24) is 5.32 Å². The number of nitrogens with one attached hydrogen (secondary N) is 2. The van der Waals surface area contributed by atoms with Gasteiger partial charge in [0.15, 0.2) is 17.9 Å². The molecule has 2 N–H and O–H groups in total. The first-order valence-electron chi connectivity index (χ1n) is 10.7. The van der Waals surface area contributed by atoms with Crippen LogP contribution >= 0.6 is 0 Å². The summed E-state index contributed by atoms with van der Waals surface area (Å²) in [6.07, 6.45) is 0.0905. The first kappa shape index (κ1) is 24.0. The first-order valence-corrected chi connectivity index (χ1v) is 10.7. The normalized spacial score (nSPS) is 20.6. The Bertz CT molecular complexity index is 899. The molecule has 0 aliphatic carbocycles. The van der Waals surface area contributed by atoms with E-state index in [0.717, 1.165) is 12.2 Å². The van der Waals surface area contributed by atoms with Crippen molar-refractivity contribution in [2.75, 3.05) is 57.7 Å². The van der Waals surface area contributed by atoms with E-state index < -0.39 is 12.1 Å². The number of benzene rings is 2. The van der Waals surface area contributed by atoms with Crippen LogP contribution in [0.15, 0.2) is 42.5 Å². The van der Waals surface area contributed by atoms with Crippen LogP contribution < -0.4 is 20.3 Å². The zero-order valence-corrected chi connectivity index (χ0v) is 19.1. The Morgan fingerprint density at radius 1 is 1.19 bits per heavy atom. The van der Waals surface area contributed by atoms with Gasteiger partial charge in [-0.1, -0.05) is 6.92 Å². The monoisotopic (exact) mass is 445 g/mol. The van der Waals surface area contributed by atoms with Gasteiger partial charge in [-0.15, -0.1) is 0 Å². The largest absolute Gasteiger partial charge is 0.494 e. The van der Waals surface area contributed by atoms with Gasteiger partial charge in [-0.3, -0.25) is 4.79 Å². The van der Waals surface area contributed by atoms with Gasteiger partial charge < -0.3 is 29.7 Å². The number of nitrogens with zero attached hydrogens (tertiary/aromatic N) is 1. The van der Waals surface area contributed by atoms with Crippen molar-refractivity contribution >= 4 is 17.3 Å². The highest BCUT2D eigenvalue weighted by Crippen LogP contribution is 2.27. The Balaban J connectivity index is 1.75. The van der Waals surface area contributed by atoms with E-state index in [-0.39, 0.29) is 22.6 Å². The van der Waals surface area contributed by atoms with E-state index in [1.807, 2.05) is 38.4 Å². The van der Waals surface area contributed by atoms with Crippen molar-refractivity contribution in [3.8, 4) is 5.75 Å². The third-order valence-corrected chi connectivity index (χ3v) is 5.54. The predicted molar refractivity (Wildman–Crippen MR) is 123 cm³/mol. The molecule has 2 aromatic carbocycles. The Morgan fingerprint density at radius 3 is 2.44 bits per heavy atom. The molecule has 32 heavy (non-hydrogen) atoms. The van der Waals surface area contributed by atoms with Gasteiger partial charge in [-0.25, -0.2) is 4.39 Å². The zero-order valence-electron chi connectivity index (χ0n) is 19.1. The van der Waals surface area contributed by atoms with Crippen LogP contribution in [-0.4, -0.2) is 59.7 Å². The lowest BCUT2D eigenvalue weighted by Crippen LogP contribution is -2.46. The SMILES string of the molecule is CNCC1(C)COC(CCN(C(=O)c2ccc(OC)c(F)c2)c2ccc(NC)cc2)OC1. The summed E-state index contributed by atoms with van der Waals surface area (Å²) in [6, 6.07) is 11.7. The maximum Gasteiger partial charge on any atom is 0.258 e. The molecule has 1 aliphatic rings. The lowest BCUT2D eigenvalue weighted by molar-refractivity contribution is -0.225. The van der Waals surface area contributed by atoms with Crippen LogP contribution in [0.3, 0.4) is 0 Å². The Hall–Kier alpha value is -2.68. The van der Waals surface area contributed by atoms with Crippen molar-refractivity contribution in [2.24, 2.45) is 5.41 Å². The van der Waals surface area contributed by atoms with E-state index >= 15 is 0 Å². The summed E-state index contributed by atoms with van der Waals surface area (Å²) in [5, 5.41) is 6.23. The van der Waals surface area contributed by atoms with E-state index in [4.69, 9.17) is 14.2 Å². The molecular weight excluding hydrogens is 413 g/mol. The average Bonchev–Trinajstić information content (AvgIpc) is 2.80. The van der Waals surface area contributed by atoms with E-state index in [2.05, 4.69) is 17.6 Å². The summed E-state index contributed by atoms with van der Waals surface area (Å²) in [4.78, 5) is 14.9. The van der Waals surface area contributed by atoms with Crippen LogP contribution in [0.5, 0.6) is 5.75 Å². The third-order valence-electron chi connectivity index (χ3n) is 5.54. The molecule has 0 radical (unpaired) electrons. The molecule has 2 aromatic rings. The molecule has 174 valence electrons. The molecule has 0 spiro atoms. The van der Waals surface area contributed by atoms with E-state index in [1.54, 1.807) is 11.0 Å². The minimum Gasteiger partial charge on any atom is -0.494 e. The first-order chi connectivity index (χ1) is 15.4. The van der Waals surface area contributed by atoms with E-state index in [1.165, 1.54) is 19.2 Å². The number of halogens is 1. The molecule has 0 unspecified atom stereocenters. The highest BCUT2D eigenvalue weighted by Gasteiger charge is 2.32. The molecule has 3 rings (SSSR count). The quantitative estimate of drug-likeness (QED) is 0.616. The molecular formula is C24H32FN3O4. The Kier molecular flexibility index (Phi) is 8.06. The van der Waals surface area contributed by atoms with Gasteiger partial charge in [0.05, 0.1) is 20.3 Å². The summed E-state index contributed by atoms with van der Waals surface area (Å²) in [5.41, 5.74) is 1.80. The Morgan fingerprint density at radius 2 is 1.88 bits per heavy atom. The van der Waals surface area contributed by atoms with Crippen LogP contribution in [0.2, 0.25) is 0 Å². The van der Waals surface area contributed by atoms with Crippen LogP contribution in [0.25, 0.3) is 0 Å². The molecule has 0 aromatic heterocycles. The number of anilines is 2. The lowest BCUT2D eigenvalue weighted by atomic mass is 9.92. The minimum absolute atomic E-state index is 0.0790. The number of hydrogen-bond donors (Lipinski definition) is 2. The van der Waals surface area contributed by atoms with Gasteiger partial charge in [0.1, 0.15) is 0 Å². The number of amides is 1. The molecule has 1 saturated heterocycles. The fourth-order valence-corrected chi connectivity index (χ4v) is 3.72. The van der Waals surface area contributed by atoms with Crippen molar-refractivity contribution in [3.05, 3.63) is 53.8 Å². The number of hydrogen-bond acceptors (Lipinski definition) is 6. The van der Waals surface area contributed by atoms with Crippen LogP contribution in [0, 0.1) is 11.2 Å². The van der Waals surface area contributed by atoms with E-state index in [0.29, 0.717) is 31.9 Å². The molecule has 0 atom stereocenters. The molecule has 8 heteroatoms. The minimum atomic E-state index is -0.577. The zero-order chi connectivity index (χ0) is 23.1. The third kappa shape index (κ3) is 5.76.